The molecule has 1 heterocycles. The molecule has 0 aromatic rings. The maximum absolute atomic E-state index is 12.1. The van der Waals surface area contributed by atoms with Gasteiger partial charge in [-0.2, -0.15) is 0 Å². The first-order valence-corrected chi connectivity index (χ1v) is 7.76. The SMILES string of the molecule is O=C1OC(CCl)CN1C12CC3CC(CC(C3)C1)C2. The molecule has 4 saturated carbocycles. The van der Waals surface area contributed by atoms with Crippen LogP contribution in [0, 0.1) is 17.8 Å². The maximum Gasteiger partial charge on any atom is 0.410 e. The van der Waals surface area contributed by atoms with E-state index in [1.807, 2.05) is 4.90 Å². The van der Waals surface area contributed by atoms with Crippen LogP contribution in [-0.2, 0) is 4.74 Å². The topological polar surface area (TPSA) is 29.5 Å². The predicted octanol–water partition coefficient (Wildman–Crippen LogP) is 3.01. The third kappa shape index (κ3) is 1.52. The number of hydrogen-bond acceptors (Lipinski definition) is 2. The number of ether oxygens (including phenoxy) is 1. The van der Waals surface area contributed by atoms with Crippen LogP contribution >= 0.6 is 11.6 Å². The lowest BCUT2D eigenvalue weighted by Crippen LogP contribution is -2.60. The van der Waals surface area contributed by atoms with Crippen molar-refractivity contribution in [2.75, 3.05) is 12.4 Å². The number of alkyl halides is 1. The second-order valence-corrected chi connectivity index (χ2v) is 7.22. The predicted molar refractivity (Wildman–Crippen MR) is 68.6 cm³/mol. The number of nitrogens with zero attached hydrogens (tertiary/aromatic N) is 1. The van der Waals surface area contributed by atoms with Crippen LogP contribution in [0.4, 0.5) is 4.79 Å². The molecule has 0 N–H and O–H groups in total. The lowest BCUT2D eigenvalue weighted by Gasteiger charge is -2.59. The van der Waals surface area contributed by atoms with Crippen LogP contribution in [0.15, 0.2) is 0 Å². The van der Waals surface area contributed by atoms with E-state index in [0.29, 0.717) is 12.4 Å². The Morgan fingerprint density at radius 3 is 2.17 bits per heavy atom. The molecule has 1 unspecified atom stereocenters. The minimum Gasteiger partial charge on any atom is -0.443 e. The number of rotatable bonds is 2. The van der Waals surface area contributed by atoms with Crippen LogP contribution in [0.5, 0.6) is 0 Å². The van der Waals surface area contributed by atoms with E-state index in [0.717, 1.165) is 17.8 Å². The fourth-order valence-electron chi connectivity index (χ4n) is 5.38. The third-order valence-corrected chi connectivity index (χ3v) is 5.97. The van der Waals surface area contributed by atoms with Crippen molar-refractivity contribution < 1.29 is 9.53 Å². The molecule has 1 atom stereocenters. The van der Waals surface area contributed by atoms with Crippen LogP contribution < -0.4 is 0 Å². The van der Waals surface area contributed by atoms with Gasteiger partial charge in [0.15, 0.2) is 0 Å². The molecule has 0 aromatic carbocycles. The minimum absolute atomic E-state index is 0.0906. The minimum atomic E-state index is -0.109. The molecule has 1 amide bonds. The van der Waals surface area contributed by atoms with E-state index in [9.17, 15) is 4.79 Å². The summed E-state index contributed by atoms with van der Waals surface area (Å²) in [6.45, 7) is 0.717. The highest BCUT2D eigenvalue weighted by atomic mass is 35.5. The van der Waals surface area contributed by atoms with E-state index in [1.165, 1.54) is 38.5 Å². The maximum atomic E-state index is 12.1. The molecule has 1 aliphatic heterocycles. The summed E-state index contributed by atoms with van der Waals surface area (Å²) in [5.41, 5.74) is 0.132. The summed E-state index contributed by atoms with van der Waals surface area (Å²) in [5, 5.41) is 0. The van der Waals surface area contributed by atoms with Crippen LogP contribution in [-0.4, -0.2) is 35.1 Å². The molecule has 100 valence electrons. The number of cyclic esters (lactones) is 1. The van der Waals surface area contributed by atoms with Crippen LogP contribution in [0.25, 0.3) is 0 Å². The highest BCUT2D eigenvalue weighted by molar-refractivity contribution is 6.18. The van der Waals surface area contributed by atoms with Gasteiger partial charge in [0.05, 0.1) is 12.4 Å². The van der Waals surface area contributed by atoms with Crippen molar-refractivity contribution in [1.29, 1.82) is 0 Å². The Balaban J connectivity index is 1.62. The normalized spacial score (nSPS) is 49.8. The second-order valence-electron chi connectivity index (χ2n) is 6.91. The average molecular weight is 270 g/mol. The molecule has 4 bridgehead atoms. The summed E-state index contributed by atoms with van der Waals surface area (Å²) >= 11 is 5.84. The molecule has 5 rings (SSSR count). The van der Waals surface area contributed by atoms with Crippen molar-refractivity contribution in [3.05, 3.63) is 0 Å². The number of carbonyl (C=O) groups excluding carboxylic acids is 1. The van der Waals surface area contributed by atoms with E-state index in [-0.39, 0.29) is 17.7 Å². The van der Waals surface area contributed by atoms with Crippen LogP contribution in [0.3, 0.4) is 0 Å². The molecule has 4 aliphatic carbocycles. The average Bonchev–Trinajstić information content (AvgIpc) is 2.69. The first kappa shape index (κ1) is 11.4. The van der Waals surface area contributed by atoms with E-state index in [1.54, 1.807) is 0 Å². The summed E-state index contributed by atoms with van der Waals surface area (Å²) in [4.78, 5) is 14.2. The van der Waals surface area contributed by atoms with Gasteiger partial charge in [0.1, 0.15) is 6.10 Å². The van der Waals surface area contributed by atoms with Gasteiger partial charge in [-0.3, -0.25) is 4.90 Å². The van der Waals surface area contributed by atoms with Gasteiger partial charge in [0.25, 0.3) is 0 Å². The van der Waals surface area contributed by atoms with Gasteiger partial charge in [0.2, 0.25) is 0 Å². The Hall–Kier alpha value is -0.440. The molecule has 4 heteroatoms. The molecule has 5 fully saturated rings. The molecule has 0 spiro atoms. The fourth-order valence-corrected chi connectivity index (χ4v) is 5.55. The van der Waals surface area contributed by atoms with Gasteiger partial charge in [0, 0.05) is 5.54 Å². The molecule has 1 saturated heterocycles. The Labute approximate surface area is 113 Å². The molecule has 18 heavy (non-hydrogen) atoms. The van der Waals surface area contributed by atoms with Gasteiger partial charge >= 0.3 is 6.09 Å². The zero-order valence-corrected chi connectivity index (χ0v) is 11.4. The first-order valence-electron chi connectivity index (χ1n) is 7.23. The zero-order chi connectivity index (χ0) is 12.3. The summed E-state index contributed by atoms with van der Waals surface area (Å²) in [6.07, 6.45) is 7.65. The monoisotopic (exact) mass is 269 g/mol. The number of amides is 1. The van der Waals surface area contributed by atoms with E-state index in [4.69, 9.17) is 16.3 Å². The van der Waals surface area contributed by atoms with Crippen molar-refractivity contribution in [1.82, 2.24) is 4.90 Å². The molecule has 5 aliphatic rings. The Bertz CT molecular complexity index is 349. The highest BCUT2D eigenvalue weighted by Gasteiger charge is 2.56. The Kier molecular flexibility index (Phi) is 2.39. The summed E-state index contributed by atoms with van der Waals surface area (Å²) in [6, 6.07) is 0. The fraction of sp³-hybridized carbons (Fsp3) is 0.929. The van der Waals surface area contributed by atoms with Gasteiger partial charge < -0.3 is 4.74 Å². The third-order valence-electron chi connectivity index (χ3n) is 5.62. The molecule has 0 radical (unpaired) electrons. The van der Waals surface area contributed by atoms with Crippen molar-refractivity contribution in [2.45, 2.75) is 50.2 Å². The smallest absolute Gasteiger partial charge is 0.410 e. The number of hydrogen-bond donors (Lipinski definition) is 0. The lowest BCUT2D eigenvalue weighted by atomic mass is 9.52. The number of halogens is 1. The second kappa shape index (κ2) is 3.78. The number of carbonyl (C=O) groups is 1. The van der Waals surface area contributed by atoms with Gasteiger partial charge in [-0.15, -0.1) is 11.6 Å². The van der Waals surface area contributed by atoms with Gasteiger partial charge in [-0.1, -0.05) is 0 Å². The quantitative estimate of drug-likeness (QED) is 0.721. The van der Waals surface area contributed by atoms with E-state index >= 15 is 0 Å². The van der Waals surface area contributed by atoms with E-state index < -0.39 is 0 Å². The molecular formula is C14H20ClNO2. The standard InChI is InChI=1S/C14H20ClNO2/c15-7-12-8-16(13(17)18-12)14-4-9-1-10(5-14)3-11(2-9)6-14/h9-12H,1-8H2. The molecular weight excluding hydrogens is 250 g/mol. The highest BCUT2D eigenvalue weighted by Crippen LogP contribution is 2.58. The van der Waals surface area contributed by atoms with Gasteiger partial charge in [-0.05, 0) is 56.3 Å². The van der Waals surface area contributed by atoms with Crippen molar-refractivity contribution >= 4 is 17.7 Å². The lowest BCUT2D eigenvalue weighted by molar-refractivity contribution is -0.0662. The Morgan fingerprint density at radius 2 is 1.72 bits per heavy atom. The van der Waals surface area contributed by atoms with Gasteiger partial charge in [-0.25, -0.2) is 4.79 Å². The van der Waals surface area contributed by atoms with Crippen LogP contribution in [0.1, 0.15) is 38.5 Å². The Morgan fingerprint density at radius 1 is 1.17 bits per heavy atom. The summed E-state index contributed by atoms with van der Waals surface area (Å²) < 4.78 is 5.37. The zero-order valence-electron chi connectivity index (χ0n) is 10.6. The van der Waals surface area contributed by atoms with Crippen molar-refractivity contribution in [3.8, 4) is 0 Å². The van der Waals surface area contributed by atoms with Crippen molar-refractivity contribution in [2.24, 2.45) is 17.8 Å². The molecule has 3 nitrogen and oxygen atoms in total. The largest absolute Gasteiger partial charge is 0.443 e. The molecule has 0 aromatic heterocycles. The summed E-state index contributed by atoms with van der Waals surface area (Å²) in [7, 11) is 0. The van der Waals surface area contributed by atoms with E-state index in [2.05, 4.69) is 0 Å². The van der Waals surface area contributed by atoms with Crippen molar-refractivity contribution in [3.63, 3.8) is 0 Å². The summed E-state index contributed by atoms with van der Waals surface area (Å²) in [5.74, 6) is 3.01. The first-order chi connectivity index (χ1) is 8.68. The van der Waals surface area contributed by atoms with Crippen LogP contribution in [0.2, 0.25) is 0 Å².